The van der Waals surface area contributed by atoms with Gasteiger partial charge in [0, 0.05) is 12.6 Å². The summed E-state index contributed by atoms with van der Waals surface area (Å²) in [6.07, 6.45) is 3.30. The highest BCUT2D eigenvalue weighted by atomic mass is 35.5. The number of nitrogens with one attached hydrogen (secondary N) is 1. The lowest BCUT2D eigenvalue weighted by Crippen LogP contribution is -2.33. The largest absolute Gasteiger partial charge is 0.352 e. The van der Waals surface area contributed by atoms with Gasteiger partial charge in [-0.3, -0.25) is 4.79 Å². The number of hydrogen-bond donors (Lipinski definition) is 1. The molecule has 0 aliphatic rings. The number of rotatable bonds is 4. The SMILES string of the molecule is CCn1cncc1C(Cl)C(=O)NC(C)C. The molecule has 5 heteroatoms. The second kappa shape index (κ2) is 5.16. The smallest absolute Gasteiger partial charge is 0.244 e. The van der Waals surface area contributed by atoms with E-state index in [0.717, 1.165) is 12.2 Å². The van der Waals surface area contributed by atoms with E-state index in [-0.39, 0.29) is 11.9 Å². The maximum atomic E-state index is 11.6. The molecule has 0 spiro atoms. The van der Waals surface area contributed by atoms with E-state index >= 15 is 0 Å². The minimum absolute atomic E-state index is 0.0942. The van der Waals surface area contributed by atoms with Crippen LogP contribution in [0.15, 0.2) is 12.5 Å². The summed E-state index contributed by atoms with van der Waals surface area (Å²) in [6.45, 7) is 6.54. The zero-order valence-corrected chi connectivity index (χ0v) is 9.95. The Morgan fingerprint density at radius 1 is 1.67 bits per heavy atom. The molecule has 1 aromatic rings. The molecule has 1 amide bonds. The predicted molar refractivity (Wildman–Crippen MR) is 59.8 cm³/mol. The molecule has 1 rings (SSSR count). The van der Waals surface area contributed by atoms with Crippen LogP contribution in [-0.2, 0) is 11.3 Å². The Kier molecular flexibility index (Phi) is 4.15. The van der Waals surface area contributed by atoms with E-state index in [1.165, 1.54) is 0 Å². The fraction of sp³-hybridized carbons (Fsp3) is 0.600. The van der Waals surface area contributed by atoms with Crippen LogP contribution in [0.3, 0.4) is 0 Å². The van der Waals surface area contributed by atoms with Gasteiger partial charge in [-0.25, -0.2) is 4.98 Å². The zero-order valence-electron chi connectivity index (χ0n) is 9.20. The number of halogens is 1. The third-order valence-electron chi connectivity index (χ3n) is 2.01. The van der Waals surface area contributed by atoms with Gasteiger partial charge in [-0.2, -0.15) is 0 Å². The minimum Gasteiger partial charge on any atom is -0.352 e. The van der Waals surface area contributed by atoms with Gasteiger partial charge in [0.05, 0.1) is 18.2 Å². The molecule has 1 aromatic heterocycles. The number of amides is 1. The summed E-state index contributed by atoms with van der Waals surface area (Å²) in [5, 5.41) is 2.10. The third kappa shape index (κ3) is 2.96. The molecule has 0 aliphatic carbocycles. The zero-order chi connectivity index (χ0) is 11.4. The maximum Gasteiger partial charge on any atom is 0.244 e. The van der Waals surface area contributed by atoms with Crippen LogP contribution in [0.5, 0.6) is 0 Å². The lowest BCUT2D eigenvalue weighted by atomic mass is 10.2. The quantitative estimate of drug-likeness (QED) is 0.799. The highest BCUT2D eigenvalue weighted by Gasteiger charge is 2.21. The van der Waals surface area contributed by atoms with Gasteiger partial charge in [0.15, 0.2) is 5.38 Å². The third-order valence-corrected chi connectivity index (χ3v) is 2.43. The van der Waals surface area contributed by atoms with Gasteiger partial charge in [-0.05, 0) is 20.8 Å². The summed E-state index contributed by atoms with van der Waals surface area (Å²) in [7, 11) is 0. The second-order valence-electron chi connectivity index (χ2n) is 3.63. The van der Waals surface area contributed by atoms with Crippen LogP contribution in [0.25, 0.3) is 0 Å². The van der Waals surface area contributed by atoms with Crippen LogP contribution in [0.4, 0.5) is 0 Å². The highest BCUT2D eigenvalue weighted by Crippen LogP contribution is 2.20. The van der Waals surface area contributed by atoms with Gasteiger partial charge in [-0.1, -0.05) is 0 Å². The number of hydrogen-bond acceptors (Lipinski definition) is 2. The number of carbonyl (C=O) groups excluding carboxylic acids is 1. The van der Waals surface area contributed by atoms with Gasteiger partial charge in [0.2, 0.25) is 5.91 Å². The molecule has 15 heavy (non-hydrogen) atoms. The molecule has 0 radical (unpaired) electrons. The molecule has 1 atom stereocenters. The van der Waals surface area contributed by atoms with Crippen molar-refractivity contribution in [3.8, 4) is 0 Å². The fourth-order valence-corrected chi connectivity index (χ4v) is 1.54. The molecule has 0 aromatic carbocycles. The fourth-order valence-electron chi connectivity index (χ4n) is 1.30. The van der Waals surface area contributed by atoms with Crippen LogP contribution in [-0.4, -0.2) is 21.5 Å². The minimum atomic E-state index is -0.671. The Balaban J connectivity index is 2.75. The number of imidazole rings is 1. The first-order valence-electron chi connectivity index (χ1n) is 5.00. The Bertz CT molecular complexity index is 335. The van der Waals surface area contributed by atoms with Gasteiger partial charge in [0.1, 0.15) is 0 Å². The Hall–Kier alpha value is -1.03. The van der Waals surface area contributed by atoms with E-state index in [2.05, 4.69) is 10.3 Å². The molecule has 0 saturated carbocycles. The summed E-state index contributed by atoms with van der Waals surface area (Å²) in [5.74, 6) is -0.179. The molecule has 0 bridgehead atoms. The lowest BCUT2D eigenvalue weighted by Gasteiger charge is -2.14. The molecule has 1 heterocycles. The molecule has 84 valence electrons. The number of aryl methyl sites for hydroxylation is 1. The van der Waals surface area contributed by atoms with Crippen LogP contribution < -0.4 is 5.32 Å². The molecule has 0 fully saturated rings. The number of nitrogens with zero attached hydrogens (tertiary/aromatic N) is 2. The Morgan fingerprint density at radius 3 is 2.87 bits per heavy atom. The highest BCUT2D eigenvalue weighted by molar-refractivity contribution is 6.30. The van der Waals surface area contributed by atoms with E-state index in [4.69, 9.17) is 11.6 Å². The van der Waals surface area contributed by atoms with Gasteiger partial charge in [0.25, 0.3) is 0 Å². The van der Waals surface area contributed by atoms with E-state index in [1.807, 2.05) is 25.3 Å². The Labute approximate surface area is 94.6 Å². The van der Waals surface area contributed by atoms with Crippen LogP contribution >= 0.6 is 11.6 Å². The van der Waals surface area contributed by atoms with Crippen molar-refractivity contribution in [1.82, 2.24) is 14.9 Å². The number of aromatic nitrogens is 2. The topological polar surface area (TPSA) is 46.9 Å². The summed E-state index contributed by atoms with van der Waals surface area (Å²) >= 11 is 6.05. The van der Waals surface area contributed by atoms with Crippen molar-refractivity contribution < 1.29 is 4.79 Å². The first-order valence-corrected chi connectivity index (χ1v) is 5.44. The molecular formula is C10H16ClN3O. The number of alkyl halides is 1. The van der Waals surface area contributed by atoms with Gasteiger partial charge in [-0.15, -0.1) is 11.6 Å². The van der Waals surface area contributed by atoms with E-state index < -0.39 is 5.38 Å². The van der Waals surface area contributed by atoms with E-state index in [0.29, 0.717) is 0 Å². The first kappa shape index (κ1) is 12.0. The molecule has 0 aliphatic heterocycles. The van der Waals surface area contributed by atoms with Crippen LogP contribution in [0.1, 0.15) is 31.8 Å². The van der Waals surface area contributed by atoms with E-state index in [1.54, 1.807) is 12.5 Å². The van der Waals surface area contributed by atoms with E-state index in [9.17, 15) is 4.79 Å². The van der Waals surface area contributed by atoms with Crippen molar-refractivity contribution in [1.29, 1.82) is 0 Å². The summed E-state index contributed by atoms with van der Waals surface area (Å²) in [4.78, 5) is 15.6. The monoisotopic (exact) mass is 229 g/mol. The van der Waals surface area contributed by atoms with Gasteiger partial charge < -0.3 is 9.88 Å². The summed E-state index contributed by atoms with van der Waals surface area (Å²) in [6, 6.07) is 0.0942. The summed E-state index contributed by atoms with van der Waals surface area (Å²) < 4.78 is 1.86. The molecule has 1 unspecified atom stereocenters. The van der Waals surface area contributed by atoms with Crippen molar-refractivity contribution in [3.05, 3.63) is 18.2 Å². The first-order chi connectivity index (χ1) is 7.06. The van der Waals surface area contributed by atoms with Crippen molar-refractivity contribution >= 4 is 17.5 Å². The lowest BCUT2D eigenvalue weighted by molar-refractivity contribution is -0.121. The Morgan fingerprint density at radius 2 is 2.33 bits per heavy atom. The molecule has 4 nitrogen and oxygen atoms in total. The average Bonchev–Trinajstić information content (AvgIpc) is 2.62. The average molecular weight is 230 g/mol. The molecular weight excluding hydrogens is 214 g/mol. The maximum absolute atomic E-state index is 11.6. The number of carbonyl (C=O) groups is 1. The van der Waals surface area contributed by atoms with Crippen molar-refractivity contribution in [2.45, 2.75) is 38.7 Å². The van der Waals surface area contributed by atoms with Crippen molar-refractivity contribution in [2.24, 2.45) is 0 Å². The summed E-state index contributed by atoms with van der Waals surface area (Å²) in [5.41, 5.74) is 0.734. The normalized spacial score (nSPS) is 12.9. The molecule has 0 saturated heterocycles. The standard InChI is InChI=1S/C10H16ClN3O/c1-4-14-6-12-5-8(14)9(11)10(15)13-7(2)3/h5-7,9H,4H2,1-3H3,(H,13,15). The van der Waals surface area contributed by atoms with Crippen LogP contribution in [0.2, 0.25) is 0 Å². The predicted octanol–water partition coefficient (Wildman–Crippen LogP) is 1.71. The molecule has 1 N–H and O–H groups in total. The van der Waals surface area contributed by atoms with Crippen molar-refractivity contribution in [2.75, 3.05) is 0 Å². The van der Waals surface area contributed by atoms with Crippen molar-refractivity contribution in [3.63, 3.8) is 0 Å². The second-order valence-corrected chi connectivity index (χ2v) is 4.07. The van der Waals surface area contributed by atoms with Crippen LogP contribution in [0, 0.1) is 0 Å². The van der Waals surface area contributed by atoms with Gasteiger partial charge >= 0.3 is 0 Å².